The molecule has 0 bridgehead atoms. The lowest BCUT2D eigenvalue weighted by Crippen LogP contribution is -2.01. The number of anilines is 2. The van der Waals surface area contributed by atoms with Crippen LogP contribution in [-0.4, -0.2) is 39.0 Å². The second kappa shape index (κ2) is 7.10. The lowest BCUT2D eigenvalue weighted by Gasteiger charge is -2.12. The summed E-state index contributed by atoms with van der Waals surface area (Å²) in [6.07, 6.45) is 5.21. The molecule has 9 heteroatoms. The van der Waals surface area contributed by atoms with Gasteiger partial charge < -0.3 is 14.8 Å². The van der Waals surface area contributed by atoms with Crippen LogP contribution in [0.15, 0.2) is 42.9 Å². The molecule has 0 spiro atoms. The van der Waals surface area contributed by atoms with Crippen molar-refractivity contribution in [2.24, 2.45) is 7.05 Å². The van der Waals surface area contributed by atoms with Gasteiger partial charge >= 0.3 is 0 Å². The molecule has 0 aliphatic heterocycles. The fourth-order valence-corrected chi connectivity index (χ4v) is 2.73. The van der Waals surface area contributed by atoms with E-state index in [0.29, 0.717) is 28.4 Å². The molecule has 4 aromatic rings. The molecule has 0 radical (unpaired) electrons. The summed E-state index contributed by atoms with van der Waals surface area (Å²) in [5.74, 6) is 0.404. The number of ether oxygens (including phenoxy) is 2. The fourth-order valence-electron chi connectivity index (χ4n) is 2.73. The molecular formula is C19H17FN6O2. The molecule has 1 aromatic carbocycles. The number of methoxy groups -OCH3 is 2. The zero-order valence-corrected chi connectivity index (χ0v) is 15.5. The van der Waals surface area contributed by atoms with Crippen LogP contribution < -0.4 is 14.8 Å². The number of hydrogen-bond acceptors (Lipinski definition) is 7. The molecule has 4 rings (SSSR count). The average molecular weight is 380 g/mol. The van der Waals surface area contributed by atoms with Gasteiger partial charge in [0, 0.05) is 30.9 Å². The highest BCUT2D eigenvalue weighted by Gasteiger charge is 2.13. The molecule has 0 saturated heterocycles. The minimum Gasteiger partial charge on any atom is -0.497 e. The van der Waals surface area contributed by atoms with Gasteiger partial charge in [0.2, 0.25) is 0 Å². The van der Waals surface area contributed by atoms with E-state index < -0.39 is 5.82 Å². The molecule has 0 atom stereocenters. The molecule has 0 fully saturated rings. The summed E-state index contributed by atoms with van der Waals surface area (Å²) >= 11 is 0. The molecule has 142 valence electrons. The monoisotopic (exact) mass is 380 g/mol. The third-order valence-electron chi connectivity index (χ3n) is 4.14. The van der Waals surface area contributed by atoms with E-state index in [1.54, 1.807) is 29.2 Å². The number of fused-ring (bicyclic) bond motifs is 1. The van der Waals surface area contributed by atoms with Crippen molar-refractivity contribution in [3.63, 3.8) is 0 Å². The number of hydrogen-bond donors (Lipinski definition) is 1. The highest BCUT2D eigenvalue weighted by molar-refractivity contribution is 5.76. The highest BCUT2D eigenvalue weighted by atomic mass is 19.1. The predicted octanol–water partition coefficient (Wildman–Crippen LogP) is 3.33. The molecule has 0 aliphatic carbocycles. The summed E-state index contributed by atoms with van der Waals surface area (Å²) in [7, 11) is 4.72. The lowest BCUT2D eigenvalue weighted by atomic mass is 10.2. The fraction of sp³-hybridized carbons (Fsp3) is 0.158. The van der Waals surface area contributed by atoms with Crippen molar-refractivity contribution in [1.29, 1.82) is 0 Å². The molecule has 3 aromatic heterocycles. The maximum Gasteiger partial charge on any atom is 0.188 e. The van der Waals surface area contributed by atoms with Crippen molar-refractivity contribution in [1.82, 2.24) is 24.7 Å². The Morgan fingerprint density at radius 2 is 1.93 bits per heavy atom. The van der Waals surface area contributed by atoms with Crippen molar-refractivity contribution in [3.05, 3.63) is 48.7 Å². The first-order chi connectivity index (χ1) is 13.6. The Morgan fingerprint density at radius 1 is 1.07 bits per heavy atom. The first-order valence-electron chi connectivity index (χ1n) is 8.38. The summed E-state index contributed by atoms with van der Waals surface area (Å²) in [6, 6.07) is 6.47. The first-order valence-corrected chi connectivity index (χ1v) is 8.38. The Labute approximate surface area is 160 Å². The van der Waals surface area contributed by atoms with Crippen LogP contribution in [0.3, 0.4) is 0 Å². The third-order valence-corrected chi connectivity index (χ3v) is 4.14. The first kappa shape index (κ1) is 17.7. The van der Waals surface area contributed by atoms with E-state index in [9.17, 15) is 4.39 Å². The van der Waals surface area contributed by atoms with Gasteiger partial charge in [0.25, 0.3) is 0 Å². The van der Waals surface area contributed by atoms with Crippen molar-refractivity contribution in [2.45, 2.75) is 0 Å². The van der Waals surface area contributed by atoms with Crippen LogP contribution in [0.4, 0.5) is 15.9 Å². The standard InChI is InChI=1S/C19H17FN6O2/c1-26-10-11(8-22-26)15-9-21-13-4-5-17(25-19(13)24-15)23-14-6-12(27-2)7-16(28-3)18(14)20/h4-10H,1-3H3,(H,23,24,25). The lowest BCUT2D eigenvalue weighted by molar-refractivity contribution is 0.375. The molecule has 28 heavy (non-hydrogen) atoms. The minimum absolute atomic E-state index is 0.0706. The van der Waals surface area contributed by atoms with Gasteiger partial charge in [-0.3, -0.25) is 9.67 Å². The molecule has 1 N–H and O–H groups in total. The van der Waals surface area contributed by atoms with Crippen LogP contribution in [-0.2, 0) is 7.05 Å². The van der Waals surface area contributed by atoms with Crippen LogP contribution in [0.1, 0.15) is 0 Å². The topological polar surface area (TPSA) is 87.0 Å². The van der Waals surface area contributed by atoms with Crippen molar-refractivity contribution in [3.8, 4) is 22.8 Å². The zero-order chi connectivity index (χ0) is 19.7. The smallest absolute Gasteiger partial charge is 0.188 e. The van der Waals surface area contributed by atoms with Gasteiger partial charge in [-0.1, -0.05) is 0 Å². The Bertz CT molecular complexity index is 1160. The van der Waals surface area contributed by atoms with Crippen LogP contribution >= 0.6 is 0 Å². The van der Waals surface area contributed by atoms with Crippen LogP contribution in [0.25, 0.3) is 22.4 Å². The Balaban J connectivity index is 1.72. The van der Waals surface area contributed by atoms with Crippen molar-refractivity contribution < 1.29 is 13.9 Å². The van der Waals surface area contributed by atoms with E-state index >= 15 is 0 Å². The van der Waals surface area contributed by atoms with E-state index in [2.05, 4.69) is 25.4 Å². The van der Waals surface area contributed by atoms with E-state index in [4.69, 9.17) is 9.47 Å². The van der Waals surface area contributed by atoms with E-state index in [0.717, 1.165) is 5.56 Å². The average Bonchev–Trinajstić information content (AvgIpc) is 3.15. The third kappa shape index (κ3) is 3.29. The molecule has 0 unspecified atom stereocenters. The molecule has 3 heterocycles. The van der Waals surface area contributed by atoms with Gasteiger partial charge in [0.15, 0.2) is 17.2 Å². The van der Waals surface area contributed by atoms with E-state index in [1.165, 1.54) is 26.4 Å². The number of pyridine rings is 1. The zero-order valence-electron chi connectivity index (χ0n) is 15.5. The van der Waals surface area contributed by atoms with E-state index in [1.807, 2.05) is 13.2 Å². The second-order valence-electron chi connectivity index (χ2n) is 6.01. The number of aryl methyl sites for hydroxylation is 1. The molecule has 8 nitrogen and oxygen atoms in total. The van der Waals surface area contributed by atoms with Gasteiger partial charge in [-0.2, -0.15) is 5.10 Å². The van der Waals surface area contributed by atoms with Gasteiger partial charge in [-0.25, -0.2) is 14.4 Å². The van der Waals surface area contributed by atoms with E-state index in [-0.39, 0.29) is 11.4 Å². The largest absolute Gasteiger partial charge is 0.497 e. The number of nitrogens with zero attached hydrogens (tertiary/aromatic N) is 5. The highest BCUT2D eigenvalue weighted by Crippen LogP contribution is 2.32. The predicted molar refractivity (Wildman–Crippen MR) is 102 cm³/mol. The maximum absolute atomic E-state index is 14.6. The van der Waals surface area contributed by atoms with Crippen LogP contribution in [0, 0.1) is 5.82 Å². The Hall–Kier alpha value is -3.75. The van der Waals surface area contributed by atoms with Crippen molar-refractivity contribution in [2.75, 3.05) is 19.5 Å². The maximum atomic E-state index is 14.6. The number of rotatable bonds is 5. The summed E-state index contributed by atoms with van der Waals surface area (Å²) in [5.41, 5.74) is 2.73. The Kier molecular flexibility index (Phi) is 4.48. The second-order valence-corrected chi connectivity index (χ2v) is 6.01. The normalized spacial score (nSPS) is 10.9. The molecular weight excluding hydrogens is 363 g/mol. The number of nitrogens with one attached hydrogen (secondary N) is 1. The number of benzene rings is 1. The van der Waals surface area contributed by atoms with Gasteiger partial charge in [0.1, 0.15) is 17.1 Å². The van der Waals surface area contributed by atoms with Crippen LogP contribution in [0.2, 0.25) is 0 Å². The quantitative estimate of drug-likeness (QED) is 0.568. The molecule has 0 aliphatic rings. The molecule has 0 amide bonds. The summed E-state index contributed by atoms with van der Waals surface area (Å²) in [6.45, 7) is 0. The van der Waals surface area contributed by atoms with Gasteiger partial charge in [-0.15, -0.1) is 0 Å². The van der Waals surface area contributed by atoms with Gasteiger partial charge in [0.05, 0.1) is 38.0 Å². The number of aromatic nitrogens is 5. The summed E-state index contributed by atoms with van der Waals surface area (Å²) in [5, 5.41) is 7.09. The summed E-state index contributed by atoms with van der Waals surface area (Å²) in [4.78, 5) is 13.4. The van der Waals surface area contributed by atoms with Crippen molar-refractivity contribution >= 4 is 22.7 Å². The Morgan fingerprint density at radius 3 is 2.64 bits per heavy atom. The minimum atomic E-state index is -0.541. The summed E-state index contributed by atoms with van der Waals surface area (Å²) < 4.78 is 26.5. The SMILES string of the molecule is COc1cc(Nc2ccc3ncc(-c4cnn(C)c4)nc3n2)c(F)c(OC)c1. The van der Waals surface area contributed by atoms with Gasteiger partial charge in [-0.05, 0) is 12.1 Å². The number of halogens is 1. The molecule has 0 saturated carbocycles. The van der Waals surface area contributed by atoms with Crippen LogP contribution in [0.5, 0.6) is 11.5 Å².